The molecule has 0 aliphatic carbocycles. The molecular formula is C10H15NO3. The fraction of sp³-hybridized carbons (Fsp3) is 0.400. The van der Waals surface area contributed by atoms with Crippen LogP contribution in [0.3, 0.4) is 0 Å². The van der Waals surface area contributed by atoms with Gasteiger partial charge in [-0.15, -0.1) is 0 Å². The zero-order valence-corrected chi connectivity index (χ0v) is 8.72. The predicted molar refractivity (Wildman–Crippen MR) is 53.3 cm³/mol. The molecule has 14 heavy (non-hydrogen) atoms. The summed E-state index contributed by atoms with van der Waals surface area (Å²) in [5.74, 6) is -1.35. The first kappa shape index (κ1) is 12.4. The highest BCUT2D eigenvalue weighted by atomic mass is 16.5. The normalized spacial score (nSPS) is 9.43. The van der Waals surface area contributed by atoms with Gasteiger partial charge in [-0.1, -0.05) is 13.2 Å². The van der Waals surface area contributed by atoms with Crippen LogP contribution in [-0.2, 0) is 14.3 Å². The van der Waals surface area contributed by atoms with Crippen molar-refractivity contribution in [3.05, 3.63) is 24.5 Å². The quantitative estimate of drug-likeness (QED) is 0.418. The molecule has 0 aromatic heterocycles. The Kier molecular flexibility index (Phi) is 4.63. The van der Waals surface area contributed by atoms with Gasteiger partial charge >= 0.3 is 5.97 Å². The van der Waals surface area contributed by atoms with E-state index in [1.807, 2.05) is 0 Å². The molecule has 1 amide bonds. The fourth-order valence-corrected chi connectivity index (χ4v) is 0.588. The van der Waals surface area contributed by atoms with Crippen molar-refractivity contribution < 1.29 is 14.3 Å². The molecule has 0 aromatic rings. The molecule has 1 N–H and O–H groups in total. The topological polar surface area (TPSA) is 55.4 Å². The first-order chi connectivity index (χ1) is 6.34. The number of nitrogens with one attached hydrogen (secondary N) is 1. The molecule has 0 unspecified atom stereocenters. The van der Waals surface area contributed by atoms with E-state index in [1.165, 1.54) is 6.92 Å². The molecule has 0 fully saturated rings. The second-order valence-corrected chi connectivity index (χ2v) is 3.22. The molecule has 0 atom stereocenters. The molecule has 4 heteroatoms. The number of carbonyl (C=O) groups is 2. The Morgan fingerprint density at radius 2 is 1.79 bits per heavy atom. The van der Waals surface area contributed by atoms with E-state index in [0.29, 0.717) is 0 Å². The van der Waals surface area contributed by atoms with Crippen LogP contribution in [0.1, 0.15) is 20.8 Å². The molecule has 0 aromatic carbocycles. The third-order valence-electron chi connectivity index (χ3n) is 1.24. The van der Waals surface area contributed by atoms with Crippen LogP contribution in [0.2, 0.25) is 0 Å². The summed E-state index contributed by atoms with van der Waals surface area (Å²) in [7, 11) is 0. The molecule has 0 spiro atoms. The predicted octanol–water partition coefficient (Wildman–Crippen LogP) is 1.14. The first-order valence-electron chi connectivity index (χ1n) is 4.22. The van der Waals surface area contributed by atoms with E-state index in [2.05, 4.69) is 23.2 Å². The maximum atomic E-state index is 11.2. The lowest BCUT2D eigenvalue weighted by Crippen LogP contribution is -2.32. The van der Waals surface area contributed by atoms with Crippen molar-refractivity contribution >= 4 is 11.9 Å². The first-order valence-corrected chi connectivity index (χ1v) is 4.22. The van der Waals surface area contributed by atoms with E-state index in [9.17, 15) is 9.59 Å². The van der Waals surface area contributed by atoms with Gasteiger partial charge in [0.1, 0.15) is 0 Å². The van der Waals surface area contributed by atoms with Gasteiger partial charge in [0.15, 0.2) is 5.76 Å². The van der Waals surface area contributed by atoms with E-state index in [0.717, 1.165) is 0 Å². The largest absolute Gasteiger partial charge is 0.418 e. The Labute approximate surface area is 83.6 Å². The van der Waals surface area contributed by atoms with Crippen molar-refractivity contribution in [1.82, 2.24) is 5.32 Å². The molecule has 4 nitrogen and oxygen atoms in total. The highest BCUT2D eigenvalue weighted by Gasteiger charge is 2.13. The van der Waals surface area contributed by atoms with E-state index >= 15 is 0 Å². The number of amides is 1. The third-order valence-corrected chi connectivity index (χ3v) is 1.24. The summed E-state index contributed by atoms with van der Waals surface area (Å²) < 4.78 is 4.63. The van der Waals surface area contributed by atoms with Crippen molar-refractivity contribution in [3.8, 4) is 0 Å². The average Bonchev–Trinajstić information content (AvgIpc) is 2.02. The van der Waals surface area contributed by atoms with E-state index in [4.69, 9.17) is 0 Å². The van der Waals surface area contributed by atoms with Gasteiger partial charge < -0.3 is 10.1 Å². The minimum Gasteiger partial charge on any atom is -0.418 e. The van der Waals surface area contributed by atoms with Gasteiger partial charge in [0.05, 0.1) is 0 Å². The van der Waals surface area contributed by atoms with Crippen LogP contribution in [0.5, 0.6) is 0 Å². The van der Waals surface area contributed by atoms with Gasteiger partial charge in [0.2, 0.25) is 0 Å². The smallest absolute Gasteiger partial charge is 0.338 e. The van der Waals surface area contributed by atoms with E-state index < -0.39 is 11.9 Å². The van der Waals surface area contributed by atoms with Crippen LogP contribution < -0.4 is 5.32 Å². The van der Waals surface area contributed by atoms with Crippen molar-refractivity contribution in [2.75, 3.05) is 0 Å². The minimum atomic E-state index is -0.645. The Morgan fingerprint density at radius 3 is 2.14 bits per heavy atom. The van der Waals surface area contributed by atoms with Crippen LogP contribution in [0.4, 0.5) is 0 Å². The molecule has 78 valence electrons. The highest BCUT2D eigenvalue weighted by Crippen LogP contribution is 2.00. The Balaban J connectivity index is 4.16. The fourth-order valence-electron chi connectivity index (χ4n) is 0.588. The molecule has 0 saturated heterocycles. The van der Waals surface area contributed by atoms with Crippen LogP contribution in [-0.4, -0.2) is 17.9 Å². The van der Waals surface area contributed by atoms with Gasteiger partial charge in [-0.2, -0.15) is 0 Å². The second kappa shape index (κ2) is 5.21. The maximum absolute atomic E-state index is 11.2. The summed E-state index contributed by atoms with van der Waals surface area (Å²) in [5, 5.41) is 2.54. The van der Waals surface area contributed by atoms with Gasteiger partial charge in [-0.25, -0.2) is 4.79 Å². The number of hydrogen-bond donors (Lipinski definition) is 1. The molecule has 0 aliphatic rings. The van der Waals surface area contributed by atoms with Crippen LogP contribution in [0, 0.1) is 0 Å². The van der Waals surface area contributed by atoms with Crippen molar-refractivity contribution in [3.63, 3.8) is 0 Å². The lowest BCUT2D eigenvalue weighted by Gasteiger charge is -2.10. The Morgan fingerprint density at radius 1 is 1.29 bits per heavy atom. The Bertz CT molecular complexity index is 279. The van der Waals surface area contributed by atoms with Crippen LogP contribution in [0.15, 0.2) is 24.5 Å². The van der Waals surface area contributed by atoms with E-state index in [-0.39, 0.29) is 17.4 Å². The highest BCUT2D eigenvalue weighted by molar-refractivity contribution is 5.96. The standard InChI is InChI=1S/C10H15NO3/c1-6(2)10(13)14-8(5)9(12)11-7(3)4/h7H,1,5H2,2-4H3,(H,11,12). The number of carbonyl (C=O) groups excluding carboxylic acids is 2. The zero-order chi connectivity index (χ0) is 11.3. The molecular weight excluding hydrogens is 182 g/mol. The minimum absolute atomic E-state index is 0.0252. The van der Waals surface area contributed by atoms with Crippen molar-refractivity contribution in [2.45, 2.75) is 26.8 Å². The van der Waals surface area contributed by atoms with Crippen LogP contribution in [0.25, 0.3) is 0 Å². The zero-order valence-electron chi connectivity index (χ0n) is 8.72. The monoisotopic (exact) mass is 197 g/mol. The van der Waals surface area contributed by atoms with Crippen molar-refractivity contribution in [2.24, 2.45) is 0 Å². The lowest BCUT2D eigenvalue weighted by atomic mass is 10.3. The summed E-state index contributed by atoms with van der Waals surface area (Å²) in [5.41, 5.74) is 0.225. The molecule has 0 bridgehead atoms. The number of rotatable bonds is 4. The van der Waals surface area contributed by atoms with Gasteiger partial charge in [-0.3, -0.25) is 4.79 Å². The molecule has 0 rings (SSSR count). The number of esters is 1. The molecule has 0 radical (unpaired) electrons. The molecule has 0 aliphatic heterocycles. The summed E-state index contributed by atoms with van der Waals surface area (Å²) in [6.07, 6.45) is 0. The lowest BCUT2D eigenvalue weighted by molar-refractivity contribution is -0.139. The summed E-state index contributed by atoms with van der Waals surface area (Å²) in [6, 6.07) is -0.0252. The van der Waals surface area contributed by atoms with Crippen molar-refractivity contribution in [1.29, 1.82) is 0 Å². The van der Waals surface area contributed by atoms with Gasteiger partial charge in [0.25, 0.3) is 5.91 Å². The summed E-state index contributed by atoms with van der Waals surface area (Å²) in [6.45, 7) is 11.8. The third kappa shape index (κ3) is 4.45. The molecule has 0 saturated carbocycles. The molecule has 0 heterocycles. The van der Waals surface area contributed by atoms with E-state index in [1.54, 1.807) is 13.8 Å². The van der Waals surface area contributed by atoms with Gasteiger partial charge in [0, 0.05) is 11.6 Å². The summed E-state index contributed by atoms with van der Waals surface area (Å²) >= 11 is 0. The average molecular weight is 197 g/mol. The Hall–Kier alpha value is -1.58. The number of ether oxygens (including phenoxy) is 1. The summed E-state index contributed by atoms with van der Waals surface area (Å²) in [4.78, 5) is 22.2. The van der Waals surface area contributed by atoms with Crippen LogP contribution >= 0.6 is 0 Å². The second-order valence-electron chi connectivity index (χ2n) is 3.22. The maximum Gasteiger partial charge on any atom is 0.338 e. The van der Waals surface area contributed by atoms with Gasteiger partial charge in [-0.05, 0) is 20.8 Å². The SMILES string of the molecule is C=C(C)C(=O)OC(=C)C(=O)NC(C)C. The number of hydrogen-bond acceptors (Lipinski definition) is 3.